The van der Waals surface area contributed by atoms with Gasteiger partial charge in [-0.05, 0) is 18.6 Å². The van der Waals surface area contributed by atoms with Gasteiger partial charge in [-0.2, -0.15) is 0 Å². The predicted octanol–water partition coefficient (Wildman–Crippen LogP) is -0.411. The molecule has 0 bridgehead atoms. The Morgan fingerprint density at radius 1 is 1.11 bits per heavy atom. The van der Waals surface area contributed by atoms with Crippen LogP contribution in [-0.4, -0.2) is 50.9 Å². The molecule has 0 radical (unpaired) electrons. The maximum atomic E-state index is 11.8. The van der Waals surface area contributed by atoms with Gasteiger partial charge in [0.15, 0.2) is 6.10 Å². The Bertz CT molecular complexity index is 394. The van der Waals surface area contributed by atoms with Crippen LogP contribution in [0.3, 0.4) is 0 Å². The number of esters is 3. The molecule has 0 fully saturated rings. The van der Waals surface area contributed by atoms with E-state index >= 15 is 0 Å². The summed E-state index contributed by atoms with van der Waals surface area (Å²) in [5, 5.41) is 0. The van der Waals surface area contributed by atoms with Gasteiger partial charge in [-0.1, -0.05) is 0 Å². The summed E-state index contributed by atoms with van der Waals surface area (Å²) in [5.41, 5.74) is -1.82. The largest absolute Gasteiger partial charge is 0.467 e. The first-order valence-electron chi connectivity index (χ1n) is 5.05. The molecule has 0 saturated heterocycles. The van der Waals surface area contributed by atoms with Gasteiger partial charge in [-0.3, -0.25) is 0 Å². The molecule has 0 aromatic carbocycles. The van der Waals surface area contributed by atoms with Crippen molar-refractivity contribution in [3.05, 3.63) is 11.6 Å². The van der Waals surface area contributed by atoms with E-state index in [0.717, 1.165) is 14.2 Å². The molecule has 0 saturated carbocycles. The summed E-state index contributed by atoms with van der Waals surface area (Å²) < 4.78 is 18.8. The lowest BCUT2D eigenvalue weighted by molar-refractivity contribution is -0.186. The van der Waals surface area contributed by atoms with E-state index in [1.165, 1.54) is 20.1 Å². The van der Waals surface area contributed by atoms with Crippen LogP contribution in [-0.2, 0) is 33.3 Å². The van der Waals surface area contributed by atoms with Crippen molar-refractivity contribution in [3.63, 3.8) is 0 Å². The first-order valence-corrected chi connectivity index (χ1v) is 5.05. The van der Waals surface area contributed by atoms with Crippen molar-refractivity contribution in [2.45, 2.75) is 18.6 Å². The second kappa shape index (κ2) is 5.18. The third kappa shape index (κ3) is 1.97. The summed E-state index contributed by atoms with van der Waals surface area (Å²) in [6, 6.07) is 0. The topological polar surface area (TPSA) is 88.1 Å². The van der Waals surface area contributed by atoms with Crippen molar-refractivity contribution in [1.82, 2.24) is 0 Å². The first-order chi connectivity index (χ1) is 8.43. The van der Waals surface area contributed by atoms with Crippen molar-refractivity contribution in [2.75, 3.05) is 21.3 Å². The minimum atomic E-state index is -2.04. The highest BCUT2D eigenvalue weighted by Crippen LogP contribution is 2.33. The molecule has 0 aromatic heterocycles. The van der Waals surface area contributed by atoms with E-state index in [2.05, 4.69) is 14.2 Å². The van der Waals surface area contributed by atoms with Crippen molar-refractivity contribution < 1.29 is 33.3 Å². The lowest BCUT2D eigenvalue weighted by Gasteiger charge is -2.25. The number of hydrogen-bond acceptors (Lipinski definition) is 7. The molecule has 1 aliphatic rings. The van der Waals surface area contributed by atoms with Crippen molar-refractivity contribution in [1.29, 1.82) is 0 Å². The molecule has 7 nitrogen and oxygen atoms in total. The summed E-state index contributed by atoms with van der Waals surface area (Å²) in [6.45, 7) is 1.47. The minimum absolute atomic E-state index is 0.219. The standard InChI is InChI=1S/C11H14O7/c1-6-5-7(8(12)15-2)18-11(6,9(13)16-3)10(14)17-4/h5,7H,1-4H3/t7-/m0/s1. The number of carbonyl (C=O) groups is 3. The van der Waals surface area contributed by atoms with Gasteiger partial charge >= 0.3 is 17.9 Å². The Hall–Kier alpha value is -1.89. The van der Waals surface area contributed by atoms with Gasteiger partial charge in [0.2, 0.25) is 0 Å². The van der Waals surface area contributed by atoms with E-state index in [1.807, 2.05) is 0 Å². The van der Waals surface area contributed by atoms with E-state index in [9.17, 15) is 14.4 Å². The molecule has 1 aliphatic heterocycles. The van der Waals surface area contributed by atoms with Gasteiger partial charge in [-0.15, -0.1) is 0 Å². The summed E-state index contributed by atoms with van der Waals surface area (Å²) in [7, 11) is 3.38. The highest BCUT2D eigenvalue weighted by Gasteiger charge is 2.57. The first kappa shape index (κ1) is 14.2. The maximum absolute atomic E-state index is 11.8. The van der Waals surface area contributed by atoms with E-state index in [1.54, 1.807) is 0 Å². The maximum Gasteiger partial charge on any atom is 0.354 e. The highest BCUT2D eigenvalue weighted by molar-refractivity contribution is 6.08. The van der Waals surface area contributed by atoms with Crippen molar-refractivity contribution in [3.8, 4) is 0 Å². The fourth-order valence-electron chi connectivity index (χ4n) is 1.68. The van der Waals surface area contributed by atoms with Crippen molar-refractivity contribution in [2.24, 2.45) is 0 Å². The van der Waals surface area contributed by atoms with E-state index < -0.39 is 29.6 Å². The van der Waals surface area contributed by atoms with Crippen LogP contribution in [0.1, 0.15) is 6.92 Å². The quantitative estimate of drug-likeness (QED) is 0.294. The molecule has 0 spiro atoms. The summed E-state index contributed by atoms with van der Waals surface area (Å²) in [6.07, 6.45) is 0.174. The third-order valence-electron chi connectivity index (χ3n) is 2.64. The van der Waals surface area contributed by atoms with E-state index in [0.29, 0.717) is 0 Å². The zero-order chi connectivity index (χ0) is 13.9. The van der Waals surface area contributed by atoms with Crippen LogP contribution in [0.4, 0.5) is 0 Å². The van der Waals surface area contributed by atoms with Gasteiger partial charge in [-0.25, -0.2) is 14.4 Å². The smallest absolute Gasteiger partial charge is 0.354 e. The molecule has 0 aliphatic carbocycles. The van der Waals surface area contributed by atoms with Crippen LogP contribution >= 0.6 is 0 Å². The lowest BCUT2D eigenvalue weighted by atomic mass is 9.96. The van der Waals surface area contributed by atoms with Crippen LogP contribution < -0.4 is 0 Å². The molecule has 0 unspecified atom stereocenters. The lowest BCUT2D eigenvalue weighted by Crippen LogP contribution is -2.51. The van der Waals surface area contributed by atoms with Crippen LogP contribution in [0.25, 0.3) is 0 Å². The van der Waals surface area contributed by atoms with Crippen LogP contribution in [0.5, 0.6) is 0 Å². The Morgan fingerprint density at radius 2 is 1.61 bits per heavy atom. The monoisotopic (exact) mass is 258 g/mol. The SMILES string of the molecule is COC(=O)[C@@H]1C=C(C)C(C(=O)OC)(C(=O)OC)O1. The molecule has 0 N–H and O–H groups in total. The molecule has 1 heterocycles. The molecular weight excluding hydrogens is 244 g/mol. The van der Waals surface area contributed by atoms with Crippen molar-refractivity contribution >= 4 is 17.9 Å². The van der Waals surface area contributed by atoms with Crippen LogP contribution in [0, 0.1) is 0 Å². The second-order valence-corrected chi connectivity index (χ2v) is 3.58. The Balaban J connectivity index is 3.17. The number of ether oxygens (including phenoxy) is 4. The number of methoxy groups -OCH3 is 3. The minimum Gasteiger partial charge on any atom is -0.467 e. The number of hydrogen-bond donors (Lipinski definition) is 0. The molecular formula is C11H14O7. The Kier molecular flexibility index (Phi) is 4.07. The summed E-state index contributed by atoms with van der Waals surface area (Å²) in [4.78, 5) is 34.9. The van der Waals surface area contributed by atoms with E-state index in [4.69, 9.17) is 4.74 Å². The summed E-state index contributed by atoms with van der Waals surface area (Å²) >= 11 is 0. The van der Waals surface area contributed by atoms with Crippen LogP contribution in [0.15, 0.2) is 11.6 Å². The molecule has 0 amide bonds. The van der Waals surface area contributed by atoms with Gasteiger partial charge in [0, 0.05) is 0 Å². The highest BCUT2D eigenvalue weighted by atomic mass is 16.6. The Morgan fingerprint density at radius 3 is 2.00 bits per heavy atom. The van der Waals surface area contributed by atoms with Gasteiger partial charge < -0.3 is 18.9 Å². The Labute approximate surface area is 104 Å². The number of rotatable bonds is 3. The van der Waals surface area contributed by atoms with Gasteiger partial charge in [0.1, 0.15) is 0 Å². The fraction of sp³-hybridized carbons (Fsp3) is 0.545. The molecule has 0 aromatic rings. The zero-order valence-electron chi connectivity index (χ0n) is 10.5. The summed E-state index contributed by atoms with van der Waals surface area (Å²) in [5.74, 6) is -2.62. The van der Waals surface area contributed by atoms with E-state index in [-0.39, 0.29) is 5.57 Å². The molecule has 1 rings (SSSR count). The normalized spacial score (nSPS) is 20.9. The van der Waals surface area contributed by atoms with Gasteiger partial charge in [0.05, 0.1) is 21.3 Å². The van der Waals surface area contributed by atoms with Gasteiger partial charge in [0.25, 0.3) is 5.60 Å². The zero-order valence-corrected chi connectivity index (χ0v) is 10.5. The van der Waals surface area contributed by atoms with Crippen LogP contribution in [0.2, 0.25) is 0 Å². The molecule has 7 heteroatoms. The number of carbonyl (C=O) groups excluding carboxylic acids is 3. The average molecular weight is 258 g/mol. The molecule has 18 heavy (non-hydrogen) atoms. The third-order valence-corrected chi connectivity index (χ3v) is 2.64. The predicted molar refractivity (Wildman–Crippen MR) is 57.4 cm³/mol. The molecule has 100 valence electrons. The average Bonchev–Trinajstić information content (AvgIpc) is 2.74. The fourth-order valence-corrected chi connectivity index (χ4v) is 1.68. The molecule has 1 atom stereocenters. The second-order valence-electron chi connectivity index (χ2n) is 3.58.